The molecule has 6 nitrogen and oxygen atoms in total. The van der Waals surface area contributed by atoms with Crippen LogP contribution in [0.15, 0.2) is 48.0 Å². The van der Waals surface area contributed by atoms with Gasteiger partial charge in [-0.2, -0.15) is 0 Å². The number of hydrogen-bond acceptors (Lipinski definition) is 5. The van der Waals surface area contributed by atoms with Crippen LogP contribution in [0, 0.1) is 0 Å². The number of amides is 1. The molecule has 0 bridgehead atoms. The minimum absolute atomic E-state index is 0.0605. The number of hydrogen-bond donors (Lipinski definition) is 1. The van der Waals surface area contributed by atoms with Crippen LogP contribution in [-0.4, -0.2) is 48.1 Å². The molecule has 0 aliphatic carbocycles. The molecule has 4 rings (SSSR count). The Morgan fingerprint density at radius 2 is 1.97 bits per heavy atom. The van der Waals surface area contributed by atoms with E-state index < -0.39 is 17.7 Å². The third kappa shape index (κ3) is 3.57. The third-order valence-corrected chi connectivity index (χ3v) is 5.68. The number of halogens is 1. The topological polar surface area (TPSA) is 76.1 Å². The Morgan fingerprint density at radius 3 is 2.67 bits per heavy atom. The smallest absolute Gasteiger partial charge is 0.295 e. The van der Waals surface area contributed by atoms with Crippen LogP contribution in [0.4, 0.5) is 0 Å². The molecule has 0 saturated carbocycles. The van der Waals surface area contributed by atoms with Gasteiger partial charge in [-0.05, 0) is 48.4 Å². The summed E-state index contributed by atoms with van der Waals surface area (Å²) in [5.74, 6) is -0.801. The minimum atomic E-state index is -0.721. The maximum atomic E-state index is 12.9. The zero-order valence-electron chi connectivity index (χ0n) is 16.7. The predicted molar refractivity (Wildman–Crippen MR) is 113 cm³/mol. The second kappa shape index (κ2) is 8.13. The van der Waals surface area contributed by atoms with E-state index in [-0.39, 0.29) is 30.6 Å². The molecule has 1 saturated heterocycles. The van der Waals surface area contributed by atoms with Gasteiger partial charge in [-0.15, -0.1) is 0 Å². The van der Waals surface area contributed by atoms with E-state index in [0.717, 1.165) is 17.7 Å². The summed E-state index contributed by atoms with van der Waals surface area (Å²) in [5.41, 5.74) is 2.19. The first-order chi connectivity index (χ1) is 14.4. The van der Waals surface area contributed by atoms with E-state index in [9.17, 15) is 14.7 Å². The highest BCUT2D eigenvalue weighted by Gasteiger charge is 2.45. The van der Waals surface area contributed by atoms with Crippen LogP contribution in [-0.2, 0) is 20.7 Å². The van der Waals surface area contributed by atoms with Crippen LogP contribution in [0.2, 0.25) is 5.02 Å². The van der Waals surface area contributed by atoms with Crippen LogP contribution in [0.1, 0.15) is 29.7 Å². The largest absolute Gasteiger partial charge is 0.507 e. The number of Topliss-reactive ketones (excluding diaryl/α,β-unsaturated/α-hetero) is 1. The third-order valence-electron chi connectivity index (χ3n) is 5.43. The zero-order chi connectivity index (χ0) is 21.4. The Balaban J connectivity index is 1.82. The van der Waals surface area contributed by atoms with Gasteiger partial charge in [0.25, 0.3) is 11.7 Å². The Hall–Kier alpha value is -2.83. The fraction of sp³-hybridized carbons (Fsp3) is 0.304. The second-order valence-electron chi connectivity index (χ2n) is 7.49. The fourth-order valence-corrected chi connectivity index (χ4v) is 4.14. The molecular formula is C23H22ClNO5. The van der Waals surface area contributed by atoms with Crippen LogP contribution >= 0.6 is 11.6 Å². The molecular weight excluding hydrogens is 406 g/mol. The molecule has 0 aromatic heterocycles. The summed E-state index contributed by atoms with van der Waals surface area (Å²) in [6, 6.07) is 11.5. The SMILES string of the molecule is COCCN1C(=O)C(=O)C(=C(O)c2ccc3c(c2)C[C@H](C)O3)[C@@H]1c1ccc(Cl)cc1. The molecule has 2 heterocycles. The maximum Gasteiger partial charge on any atom is 0.295 e. The van der Waals surface area contributed by atoms with Gasteiger partial charge in [-0.3, -0.25) is 9.59 Å². The number of aliphatic hydroxyl groups is 1. The summed E-state index contributed by atoms with van der Waals surface area (Å²) < 4.78 is 10.8. The number of aliphatic hydroxyl groups excluding tert-OH is 1. The highest BCUT2D eigenvalue weighted by atomic mass is 35.5. The molecule has 2 aromatic rings. The fourth-order valence-electron chi connectivity index (χ4n) is 4.02. The quantitative estimate of drug-likeness (QED) is 0.447. The lowest BCUT2D eigenvalue weighted by Gasteiger charge is -2.25. The van der Waals surface area contributed by atoms with Crippen molar-refractivity contribution in [2.75, 3.05) is 20.3 Å². The molecule has 156 valence electrons. The highest BCUT2D eigenvalue weighted by Crippen LogP contribution is 2.40. The van der Waals surface area contributed by atoms with E-state index in [2.05, 4.69) is 0 Å². The minimum Gasteiger partial charge on any atom is -0.507 e. The molecule has 0 radical (unpaired) electrons. The highest BCUT2D eigenvalue weighted by molar-refractivity contribution is 6.46. The lowest BCUT2D eigenvalue weighted by atomic mass is 9.94. The number of fused-ring (bicyclic) bond motifs is 1. The monoisotopic (exact) mass is 427 g/mol. The standard InChI is InChI=1S/C23H22ClNO5/c1-13-11-16-12-15(5-8-18(16)30-13)21(26)19-20(14-3-6-17(24)7-4-14)25(9-10-29-2)23(28)22(19)27/h3-8,12-13,20,26H,9-11H2,1-2H3/t13-,20-/m0/s1. The molecule has 2 atom stereocenters. The van der Waals surface area contributed by atoms with Gasteiger partial charge in [0.05, 0.1) is 18.2 Å². The molecule has 0 spiro atoms. The van der Waals surface area contributed by atoms with E-state index >= 15 is 0 Å². The van der Waals surface area contributed by atoms with Crippen molar-refractivity contribution >= 4 is 29.1 Å². The van der Waals surface area contributed by atoms with Gasteiger partial charge in [0, 0.05) is 30.7 Å². The van der Waals surface area contributed by atoms with Crippen molar-refractivity contribution in [3.05, 3.63) is 69.8 Å². The van der Waals surface area contributed by atoms with Crippen molar-refractivity contribution in [1.82, 2.24) is 4.90 Å². The van der Waals surface area contributed by atoms with E-state index in [1.165, 1.54) is 12.0 Å². The van der Waals surface area contributed by atoms with Crippen molar-refractivity contribution in [2.45, 2.75) is 25.5 Å². The first-order valence-corrected chi connectivity index (χ1v) is 10.1. The number of benzene rings is 2. The summed E-state index contributed by atoms with van der Waals surface area (Å²) >= 11 is 6.02. The summed E-state index contributed by atoms with van der Waals surface area (Å²) in [4.78, 5) is 27.1. The molecule has 2 aromatic carbocycles. The van der Waals surface area contributed by atoms with Gasteiger partial charge in [0.1, 0.15) is 17.6 Å². The van der Waals surface area contributed by atoms with Crippen LogP contribution in [0.3, 0.4) is 0 Å². The number of rotatable bonds is 5. The van der Waals surface area contributed by atoms with E-state index in [4.69, 9.17) is 21.1 Å². The maximum absolute atomic E-state index is 12.9. The number of carbonyl (C=O) groups excluding carboxylic acids is 2. The van der Waals surface area contributed by atoms with Gasteiger partial charge < -0.3 is 19.5 Å². The van der Waals surface area contributed by atoms with Crippen LogP contribution < -0.4 is 4.74 Å². The Kier molecular flexibility index (Phi) is 5.54. The lowest BCUT2D eigenvalue weighted by molar-refractivity contribution is -0.140. The van der Waals surface area contributed by atoms with Gasteiger partial charge in [0.2, 0.25) is 0 Å². The van der Waals surface area contributed by atoms with Crippen molar-refractivity contribution < 1.29 is 24.2 Å². The van der Waals surface area contributed by atoms with Crippen molar-refractivity contribution in [2.24, 2.45) is 0 Å². The van der Waals surface area contributed by atoms with Crippen molar-refractivity contribution in [3.8, 4) is 5.75 Å². The Bertz CT molecular complexity index is 1030. The molecule has 1 amide bonds. The number of methoxy groups -OCH3 is 1. The summed E-state index contributed by atoms with van der Waals surface area (Å²) in [5, 5.41) is 11.7. The number of ketones is 1. The normalized spacial score (nSPS) is 22.3. The first-order valence-electron chi connectivity index (χ1n) is 9.73. The van der Waals surface area contributed by atoms with Gasteiger partial charge in [-0.1, -0.05) is 23.7 Å². The van der Waals surface area contributed by atoms with Crippen LogP contribution in [0.25, 0.3) is 5.76 Å². The zero-order valence-corrected chi connectivity index (χ0v) is 17.5. The summed E-state index contributed by atoms with van der Waals surface area (Å²) in [7, 11) is 1.53. The Labute approximate surface area is 179 Å². The number of carbonyl (C=O) groups is 2. The summed E-state index contributed by atoms with van der Waals surface area (Å²) in [6.45, 7) is 2.47. The average molecular weight is 428 g/mol. The van der Waals surface area contributed by atoms with Gasteiger partial charge in [-0.25, -0.2) is 0 Å². The molecule has 30 heavy (non-hydrogen) atoms. The first kappa shape index (κ1) is 20.4. The second-order valence-corrected chi connectivity index (χ2v) is 7.93. The average Bonchev–Trinajstić information content (AvgIpc) is 3.22. The lowest BCUT2D eigenvalue weighted by Crippen LogP contribution is -2.32. The molecule has 7 heteroatoms. The number of nitrogens with zero attached hydrogens (tertiary/aromatic N) is 1. The van der Waals surface area contributed by atoms with Crippen molar-refractivity contribution in [3.63, 3.8) is 0 Å². The number of likely N-dealkylation sites (tertiary alicyclic amines) is 1. The molecule has 2 aliphatic heterocycles. The van der Waals surface area contributed by atoms with E-state index in [0.29, 0.717) is 16.1 Å². The van der Waals surface area contributed by atoms with Gasteiger partial charge >= 0.3 is 0 Å². The van der Waals surface area contributed by atoms with Crippen molar-refractivity contribution in [1.29, 1.82) is 0 Å². The van der Waals surface area contributed by atoms with Crippen LogP contribution in [0.5, 0.6) is 5.75 Å². The van der Waals surface area contributed by atoms with E-state index in [1.54, 1.807) is 36.4 Å². The number of ether oxygens (including phenoxy) is 2. The molecule has 2 aliphatic rings. The summed E-state index contributed by atoms with van der Waals surface area (Å²) in [6.07, 6.45) is 0.783. The predicted octanol–water partition coefficient (Wildman–Crippen LogP) is 3.73. The molecule has 1 fully saturated rings. The molecule has 1 N–H and O–H groups in total. The molecule has 0 unspecified atom stereocenters. The van der Waals surface area contributed by atoms with E-state index in [1.807, 2.05) is 13.0 Å². The Morgan fingerprint density at radius 1 is 1.23 bits per heavy atom. The van der Waals surface area contributed by atoms with Gasteiger partial charge in [0.15, 0.2) is 0 Å².